The molecule has 1 amide bonds. The number of anilines is 1. The van der Waals surface area contributed by atoms with Crippen LogP contribution < -0.4 is 9.64 Å². The zero-order valence-corrected chi connectivity index (χ0v) is 18.8. The van der Waals surface area contributed by atoms with Crippen LogP contribution >= 0.6 is 11.6 Å². The molecule has 0 unspecified atom stereocenters. The molecule has 0 saturated carbocycles. The van der Waals surface area contributed by atoms with E-state index in [-0.39, 0.29) is 39.3 Å². The minimum Gasteiger partial charge on any atom is -0.435 e. The van der Waals surface area contributed by atoms with Crippen LogP contribution in [0, 0.1) is 0 Å². The fourth-order valence-corrected chi connectivity index (χ4v) is 4.13. The number of H-pyrrole nitrogens is 1. The molecule has 9 nitrogen and oxygen atoms in total. The van der Waals surface area contributed by atoms with Crippen LogP contribution in [-0.4, -0.2) is 62.1 Å². The maximum atomic E-state index is 13.8. The number of ether oxygens (including phenoxy) is 1. The van der Waals surface area contributed by atoms with Gasteiger partial charge in [0.15, 0.2) is 5.75 Å². The molecule has 1 aromatic carbocycles. The van der Waals surface area contributed by atoms with Crippen molar-refractivity contribution in [1.29, 1.82) is 0 Å². The average molecular weight is 504 g/mol. The van der Waals surface area contributed by atoms with Crippen LogP contribution in [0.1, 0.15) is 5.69 Å². The van der Waals surface area contributed by atoms with Crippen molar-refractivity contribution in [2.75, 3.05) is 31.1 Å². The molecule has 1 aliphatic heterocycles. The summed E-state index contributed by atoms with van der Waals surface area (Å²) in [5, 5.41) is 7.45. The third kappa shape index (κ3) is 4.20. The van der Waals surface area contributed by atoms with Gasteiger partial charge in [0.1, 0.15) is 23.4 Å². The van der Waals surface area contributed by atoms with Crippen LogP contribution in [0.2, 0.25) is 5.02 Å². The van der Waals surface area contributed by atoms with Gasteiger partial charge in [0, 0.05) is 26.2 Å². The number of aromatic amines is 1. The van der Waals surface area contributed by atoms with Gasteiger partial charge in [-0.2, -0.15) is 18.3 Å². The first-order valence-electron chi connectivity index (χ1n) is 10.4. The van der Waals surface area contributed by atoms with E-state index in [2.05, 4.69) is 31.7 Å². The van der Waals surface area contributed by atoms with Crippen molar-refractivity contribution in [2.24, 2.45) is 0 Å². The molecule has 13 heteroatoms. The molecular weight excluding hydrogens is 487 g/mol. The SMILES string of the molecule is C=CC(=O)N1CCN(c2ncnc3c(Oc4c(Cl)ccc5[nH]ncc45)nc(C(F)(F)F)cc23)CC1. The Bertz CT molecular complexity index is 1450. The number of pyridine rings is 1. The Hall–Kier alpha value is -3.93. The van der Waals surface area contributed by atoms with Gasteiger partial charge in [0.25, 0.3) is 0 Å². The molecule has 0 atom stereocenters. The summed E-state index contributed by atoms with van der Waals surface area (Å²) in [7, 11) is 0. The lowest BCUT2D eigenvalue weighted by atomic mass is 10.2. The molecule has 0 radical (unpaired) electrons. The first-order chi connectivity index (χ1) is 16.8. The second kappa shape index (κ2) is 8.69. The monoisotopic (exact) mass is 503 g/mol. The summed E-state index contributed by atoms with van der Waals surface area (Å²) in [6.07, 6.45) is -0.830. The molecule has 1 aliphatic rings. The predicted molar refractivity (Wildman–Crippen MR) is 123 cm³/mol. The smallest absolute Gasteiger partial charge is 0.433 e. The van der Waals surface area contributed by atoms with Crippen molar-refractivity contribution in [3.8, 4) is 11.6 Å². The van der Waals surface area contributed by atoms with E-state index in [0.717, 1.165) is 6.07 Å². The number of carbonyl (C=O) groups excluding carboxylic acids is 1. The molecule has 0 bridgehead atoms. The molecule has 1 N–H and O–H groups in total. The second-order valence-corrected chi connectivity index (χ2v) is 8.14. The number of benzene rings is 1. The van der Waals surface area contributed by atoms with E-state index in [1.165, 1.54) is 24.7 Å². The lowest BCUT2D eigenvalue weighted by Gasteiger charge is -2.35. The molecule has 3 aromatic heterocycles. The predicted octanol–water partition coefficient (Wildman–Crippen LogP) is 4.20. The van der Waals surface area contributed by atoms with E-state index in [9.17, 15) is 18.0 Å². The standard InChI is InChI=1S/C22H17ClF3N7O2/c1-2-17(34)32-5-7-33(8-6-32)20-12-9-16(22(24,25)26)30-21(18(12)27-11-28-20)35-19-13-10-29-31-15(13)4-3-14(19)23/h2-4,9-11H,1,5-8H2,(H,29,31). The Morgan fingerprint density at radius 3 is 2.66 bits per heavy atom. The zero-order valence-electron chi connectivity index (χ0n) is 18.0. The quantitative estimate of drug-likeness (QED) is 0.417. The molecule has 4 aromatic rings. The molecule has 1 saturated heterocycles. The number of nitrogens with zero attached hydrogens (tertiary/aromatic N) is 6. The van der Waals surface area contributed by atoms with E-state index in [1.807, 2.05) is 0 Å². The van der Waals surface area contributed by atoms with Gasteiger partial charge in [-0.3, -0.25) is 9.89 Å². The van der Waals surface area contributed by atoms with E-state index < -0.39 is 11.9 Å². The average Bonchev–Trinajstić information content (AvgIpc) is 3.33. The minimum absolute atomic E-state index is 0.0872. The van der Waals surface area contributed by atoms with Crippen molar-refractivity contribution < 1.29 is 22.7 Å². The molecule has 0 spiro atoms. The highest BCUT2D eigenvalue weighted by Gasteiger charge is 2.35. The highest BCUT2D eigenvalue weighted by molar-refractivity contribution is 6.33. The summed E-state index contributed by atoms with van der Waals surface area (Å²) < 4.78 is 47.3. The molecule has 180 valence electrons. The largest absolute Gasteiger partial charge is 0.435 e. The van der Waals surface area contributed by atoms with Crippen LogP contribution in [0.25, 0.3) is 21.8 Å². The topological polar surface area (TPSA) is 100 Å². The van der Waals surface area contributed by atoms with Gasteiger partial charge < -0.3 is 14.5 Å². The number of hydrogen-bond acceptors (Lipinski definition) is 7. The molecular formula is C22H17ClF3N7O2. The van der Waals surface area contributed by atoms with E-state index in [0.29, 0.717) is 37.1 Å². The van der Waals surface area contributed by atoms with Crippen LogP contribution in [0.5, 0.6) is 11.6 Å². The number of amides is 1. The van der Waals surface area contributed by atoms with Crippen molar-refractivity contribution in [2.45, 2.75) is 6.18 Å². The number of carbonyl (C=O) groups is 1. The summed E-state index contributed by atoms with van der Waals surface area (Å²) >= 11 is 6.30. The maximum Gasteiger partial charge on any atom is 0.433 e. The van der Waals surface area contributed by atoms with Crippen molar-refractivity contribution in [3.63, 3.8) is 0 Å². The number of fused-ring (bicyclic) bond motifs is 2. The number of hydrogen-bond donors (Lipinski definition) is 1. The Kier molecular flexibility index (Phi) is 5.67. The molecule has 5 rings (SSSR count). The highest BCUT2D eigenvalue weighted by Crippen LogP contribution is 2.40. The van der Waals surface area contributed by atoms with E-state index >= 15 is 0 Å². The number of aromatic nitrogens is 5. The number of nitrogens with one attached hydrogen (secondary N) is 1. The Morgan fingerprint density at radius 2 is 1.94 bits per heavy atom. The van der Waals surface area contributed by atoms with Crippen LogP contribution in [0.3, 0.4) is 0 Å². The summed E-state index contributed by atoms with van der Waals surface area (Å²) in [5.74, 6) is -0.190. The van der Waals surface area contributed by atoms with Crippen molar-refractivity contribution >= 4 is 45.1 Å². The second-order valence-electron chi connectivity index (χ2n) is 7.73. The summed E-state index contributed by atoms with van der Waals surface area (Å²) in [5.41, 5.74) is -0.487. The fourth-order valence-electron chi connectivity index (χ4n) is 3.92. The lowest BCUT2D eigenvalue weighted by molar-refractivity contribution is -0.141. The Morgan fingerprint density at radius 1 is 1.17 bits per heavy atom. The van der Waals surface area contributed by atoms with E-state index in [1.54, 1.807) is 15.9 Å². The third-order valence-electron chi connectivity index (χ3n) is 5.65. The first kappa shape index (κ1) is 22.8. The fraction of sp³-hybridized carbons (Fsp3) is 0.227. The summed E-state index contributed by atoms with van der Waals surface area (Å²) in [4.78, 5) is 27.4. The minimum atomic E-state index is -4.75. The van der Waals surface area contributed by atoms with Gasteiger partial charge in [-0.05, 0) is 24.3 Å². The van der Waals surface area contributed by atoms with Crippen LogP contribution in [-0.2, 0) is 11.0 Å². The van der Waals surface area contributed by atoms with Gasteiger partial charge >= 0.3 is 6.18 Å². The Balaban J connectivity index is 1.61. The normalized spacial score (nSPS) is 14.5. The lowest BCUT2D eigenvalue weighted by Crippen LogP contribution is -2.48. The molecule has 35 heavy (non-hydrogen) atoms. The number of alkyl halides is 3. The van der Waals surface area contributed by atoms with Crippen molar-refractivity contribution in [3.05, 3.63) is 54.1 Å². The first-order valence-corrected chi connectivity index (χ1v) is 10.8. The molecule has 1 fully saturated rings. The van der Waals surface area contributed by atoms with Gasteiger partial charge in [-0.25, -0.2) is 15.0 Å². The van der Waals surface area contributed by atoms with Crippen LogP contribution in [0.15, 0.2) is 43.4 Å². The summed E-state index contributed by atoms with van der Waals surface area (Å²) in [6, 6.07) is 4.11. The maximum absolute atomic E-state index is 13.8. The molecule has 0 aliphatic carbocycles. The summed E-state index contributed by atoms with van der Waals surface area (Å²) in [6.45, 7) is 4.96. The number of piperazine rings is 1. The number of rotatable bonds is 4. The Labute approximate surface area is 201 Å². The highest BCUT2D eigenvalue weighted by atomic mass is 35.5. The van der Waals surface area contributed by atoms with Gasteiger partial charge in [-0.15, -0.1) is 0 Å². The number of halogens is 4. The van der Waals surface area contributed by atoms with Crippen LogP contribution in [0.4, 0.5) is 19.0 Å². The van der Waals surface area contributed by atoms with Gasteiger partial charge in [0.05, 0.1) is 27.5 Å². The molecule has 4 heterocycles. The van der Waals surface area contributed by atoms with Gasteiger partial charge in [-0.1, -0.05) is 18.2 Å². The van der Waals surface area contributed by atoms with Gasteiger partial charge in [0.2, 0.25) is 11.8 Å². The van der Waals surface area contributed by atoms with E-state index in [4.69, 9.17) is 16.3 Å². The third-order valence-corrected chi connectivity index (χ3v) is 5.95. The zero-order chi connectivity index (χ0) is 24.7. The van der Waals surface area contributed by atoms with Crippen molar-refractivity contribution in [1.82, 2.24) is 30.0 Å².